The number of hydrogen-bond acceptors (Lipinski definition) is 24. The number of aromatic nitrogens is 6. The first-order valence-corrected chi connectivity index (χ1v) is 43.7. The predicted molar refractivity (Wildman–Crippen MR) is 496 cm³/mol. The lowest BCUT2D eigenvalue weighted by atomic mass is 10.1. The van der Waals surface area contributed by atoms with E-state index in [1.165, 1.54) is 115 Å². The molecule has 0 spiro atoms. The molecule has 30 nitrogen and oxygen atoms in total. The van der Waals surface area contributed by atoms with Crippen LogP contribution >= 0.6 is 0 Å². The van der Waals surface area contributed by atoms with Gasteiger partial charge in [-0.05, 0) is 152 Å². The van der Waals surface area contributed by atoms with E-state index in [4.69, 9.17) is 85.3 Å². The average molecular weight is 1760 g/mol. The van der Waals surface area contributed by atoms with E-state index in [1.54, 1.807) is 0 Å². The molecule has 0 saturated carbocycles. The summed E-state index contributed by atoms with van der Waals surface area (Å²) < 4.78 is 112. The Morgan fingerprint density at radius 1 is 0.198 bits per heavy atom. The summed E-state index contributed by atoms with van der Waals surface area (Å²) in [6.45, 7) is 38.1. The molecule has 6 aromatic carbocycles. The van der Waals surface area contributed by atoms with Gasteiger partial charge in [0, 0.05) is 76.0 Å². The van der Waals surface area contributed by atoms with Crippen LogP contribution in [-0.2, 0) is 28.4 Å². The van der Waals surface area contributed by atoms with Gasteiger partial charge in [0.1, 0.15) is 109 Å². The zero-order chi connectivity index (χ0) is 92.4. The highest BCUT2D eigenvalue weighted by molar-refractivity contribution is 5.84. The van der Waals surface area contributed by atoms with E-state index in [9.17, 15) is 0 Å². The van der Waals surface area contributed by atoms with Crippen LogP contribution in [-0.4, -0.2) is 188 Å². The Morgan fingerprint density at radius 2 is 0.333 bits per heavy atom. The number of benzene rings is 6. The molecular weight excluding hydrogens is 1620 g/mol. The van der Waals surface area contributed by atoms with Crippen LogP contribution in [0.3, 0.4) is 0 Å². The Kier molecular flexibility index (Phi) is 41.8. The summed E-state index contributed by atoms with van der Waals surface area (Å²) in [4.78, 5) is 112. The Balaban J connectivity index is 1.81. The zero-order valence-electron chi connectivity index (χ0n) is 78.4. The van der Waals surface area contributed by atoms with Gasteiger partial charge < -0.3 is 115 Å². The van der Waals surface area contributed by atoms with E-state index in [-0.39, 0.29) is 174 Å². The van der Waals surface area contributed by atoms with Crippen molar-refractivity contribution in [3.05, 3.63) is 135 Å². The lowest BCUT2D eigenvalue weighted by Crippen LogP contribution is -2.21. The third-order valence-corrected chi connectivity index (χ3v) is 20.2. The number of hydrogen-bond donors (Lipinski definition) is 6. The maximum Gasteiger partial charge on any atom is 0.259 e. The number of fused-ring (bicyclic) bond motifs is 12. The van der Waals surface area contributed by atoms with Gasteiger partial charge in [-0.15, -0.1) is 0 Å². The second-order valence-corrected chi connectivity index (χ2v) is 34.1. The van der Waals surface area contributed by atoms with Crippen molar-refractivity contribution in [3.8, 4) is 69.0 Å². The van der Waals surface area contributed by atoms with Crippen LogP contribution in [0.2, 0.25) is 0 Å². The van der Waals surface area contributed by atoms with Gasteiger partial charge in [0.2, 0.25) is 0 Å². The summed E-state index contributed by atoms with van der Waals surface area (Å²) in [5.41, 5.74) is -5.16. The third-order valence-electron chi connectivity index (χ3n) is 20.2. The maximum absolute atomic E-state index is 15.7. The summed E-state index contributed by atoms with van der Waals surface area (Å²) in [6, 6.07) is 16.8. The minimum absolute atomic E-state index is 0.0141. The first kappa shape index (κ1) is 103. The van der Waals surface area contributed by atoms with Crippen LogP contribution in [0.25, 0.3) is 65.4 Å². The van der Waals surface area contributed by atoms with Crippen molar-refractivity contribution >= 4 is 65.4 Å². The van der Waals surface area contributed by atoms with Gasteiger partial charge in [0.15, 0.2) is 0 Å². The lowest BCUT2D eigenvalue weighted by Gasteiger charge is -2.18. The molecule has 0 aliphatic heterocycles. The van der Waals surface area contributed by atoms with E-state index in [0.29, 0.717) is 75.1 Å². The summed E-state index contributed by atoms with van der Waals surface area (Å²) in [5, 5.41) is -1.16. The van der Waals surface area contributed by atoms with Gasteiger partial charge in [0.05, 0.1) is 145 Å². The fraction of sp³-hybridized carbons (Fsp3) is 0.562. The Labute approximate surface area is 738 Å². The smallest absolute Gasteiger partial charge is 0.259 e. The largest absolute Gasteiger partial charge is 0.494 e. The summed E-state index contributed by atoms with van der Waals surface area (Å²) in [6.07, 6.45) is 1.50. The number of methoxy groups -OCH3 is 6. The molecule has 7 aromatic rings. The molecule has 0 amide bonds. The molecule has 6 atom stereocenters. The van der Waals surface area contributed by atoms with Crippen LogP contribution in [0.1, 0.15) is 163 Å². The van der Waals surface area contributed by atoms with Gasteiger partial charge in [-0.25, -0.2) is 0 Å². The highest BCUT2D eigenvalue weighted by Gasteiger charge is 2.22. The van der Waals surface area contributed by atoms with Crippen LogP contribution < -0.4 is 90.2 Å². The molecule has 0 fully saturated rings. The lowest BCUT2D eigenvalue weighted by molar-refractivity contribution is 0.0256. The molecule has 1 heterocycles. The highest BCUT2D eigenvalue weighted by Crippen LogP contribution is 2.36. The second kappa shape index (κ2) is 51.3. The Morgan fingerprint density at radius 3 is 0.460 bits per heavy atom. The van der Waals surface area contributed by atoms with Crippen molar-refractivity contribution in [2.24, 2.45) is 35.5 Å². The number of H-pyrrole nitrogens is 6. The molecule has 0 aliphatic rings. The molecule has 7 rings (SSSR count). The van der Waals surface area contributed by atoms with Crippen molar-refractivity contribution in [2.75, 3.05) is 122 Å². The monoisotopic (exact) mass is 1760 g/mol. The van der Waals surface area contributed by atoms with Crippen LogP contribution in [0.4, 0.5) is 0 Å². The van der Waals surface area contributed by atoms with E-state index >= 15 is 28.8 Å². The van der Waals surface area contributed by atoms with Crippen molar-refractivity contribution in [1.82, 2.24) is 29.9 Å². The van der Waals surface area contributed by atoms with E-state index in [1.807, 2.05) is 41.5 Å². The van der Waals surface area contributed by atoms with Crippen LogP contribution in [0.15, 0.2) is 102 Å². The Bertz CT molecular complexity index is 4600. The fourth-order valence-corrected chi connectivity index (χ4v) is 12.4. The third kappa shape index (κ3) is 32.1. The van der Waals surface area contributed by atoms with Crippen molar-refractivity contribution in [3.63, 3.8) is 0 Å². The minimum Gasteiger partial charge on any atom is -0.494 e. The number of aromatic amines is 6. The number of ether oxygens (including phenoxy) is 18. The van der Waals surface area contributed by atoms with Crippen molar-refractivity contribution in [1.29, 1.82) is 0 Å². The molecule has 6 N–H and O–H groups in total. The summed E-state index contributed by atoms with van der Waals surface area (Å²) >= 11 is 0. The van der Waals surface area contributed by atoms with Gasteiger partial charge in [-0.1, -0.05) is 83.1 Å². The van der Waals surface area contributed by atoms with Crippen molar-refractivity contribution < 1.29 is 85.3 Å². The molecule has 0 saturated heterocycles. The quantitative estimate of drug-likeness (QED) is 0.0206. The molecular formula is C96H138N6O24. The number of nitrogens with one attached hydrogen (secondary N) is 6. The van der Waals surface area contributed by atoms with Gasteiger partial charge >= 0.3 is 0 Å². The molecule has 6 unspecified atom stereocenters. The molecule has 12 bridgehead atoms. The second-order valence-electron chi connectivity index (χ2n) is 34.1. The van der Waals surface area contributed by atoms with Gasteiger partial charge in [-0.2, -0.15) is 0 Å². The van der Waals surface area contributed by atoms with Gasteiger partial charge in [-0.3, -0.25) is 28.8 Å². The predicted octanol–water partition coefficient (Wildman–Crippen LogP) is 16.8. The molecule has 126 heavy (non-hydrogen) atoms. The highest BCUT2D eigenvalue weighted by atomic mass is 16.6. The zero-order valence-corrected chi connectivity index (χ0v) is 78.4. The summed E-state index contributed by atoms with van der Waals surface area (Å²) in [5.74, 6) is 2.15. The standard InChI is InChI=1S/C96H138N6O24/c1-55(2)25-31-115-61(13)49-121-79-43-80(122-50-62(14)116-32-26-56(3)4)68-37-67(79)91(103)97-73-40-74(86(110-20)46-85(73)109-19)99-93(105)69-38-70(82(124-52-64(16)118-34-28-58(7)8)44-81(69)123-51-63(15)117-33-27-57(5)6)95(107)101-77-42-78(90(114-24)48-89(77)113-23)102-96(108)72-39-71(94(106)100-76-41-75(98-92(68)104)87(111-21)47-88(76)112-22)83(125-53-65(17)119-35-29-59(9)10)45-84(72)126-54-66(18)120-36-30-60(11)12/h37-48,55-66H,25-36,49-54H2,1-24H3,(H,97,103)(H,98,104)(H,99,105)(H,100,106)(H,101,107)(H,102,108). The number of rotatable bonds is 48. The first-order chi connectivity index (χ1) is 60.0. The van der Waals surface area contributed by atoms with E-state index in [0.717, 1.165) is 38.5 Å². The van der Waals surface area contributed by atoms with E-state index in [2.05, 4.69) is 113 Å². The molecule has 0 radical (unpaired) electrons. The topological polar surface area (TPSA) is 363 Å². The normalized spacial score (nSPS) is 13.0. The molecule has 30 heteroatoms. The minimum atomic E-state index is -0.846. The van der Waals surface area contributed by atoms with Gasteiger partial charge in [0.25, 0.3) is 33.4 Å². The molecule has 696 valence electrons. The maximum atomic E-state index is 15.7. The van der Waals surface area contributed by atoms with E-state index < -0.39 is 70.0 Å². The SMILES string of the molecule is COc1cc(OC)c2cc1[nH]c(=O)c1cc(c(OCC(C)OCCC(C)C)cc1OCC(C)OCCC(C)C)c(=O)[nH]c1cc([nH]c(=O)c3cc(c(OCC(C)OCCC(C)C)cc3OCC(C)OCCC(C)C)c(=O)[nH]c3cc([nH]c(=O)c4cc(c(OCC(C)OCCC(C)C)cc4OCC(C)OCCC(C)C)c(=O)[nH]2)c(OC)cc3OC)c(OC)cc1OC. The Hall–Kier alpha value is -10.5. The molecule has 0 aliphatic carbocycles. The van der Waals surface area contributed by atoms with Crippen LogP contribution in [0, 0.1) is 35.5 Å². The average Bonchev–Trinajstić information content (AvgIpc) is 0.787. The van der Waals surface area contributed by atoms with Crippen molar-refractivity contribution in [2.45, 2.75) is 200 Å². The van der Waals surface area contributed by atoms with Crippen LogP contribution in [0.5, 0.6) is 69.0 Å². The fourth-order valence-electron chi connectivity index (χ4n) is 12.4. The summed E-state index contributed by atoms with van der Waals surface area (Å²) in [7, 11) is 8.25. The molecule has 1 aromatic heterocycles. The first-order valence-electron chi connectivity index (χ1n) is 43.7.